The van der Waals surface area contributed by atoms with E-state index in [1.807, 2.05) is 0 Å². The zero-order valence-electron chi connectivity index (χ0n) is 7.07. The summed E-state index contributed by atoms with van der Waals surface area (Å²) in [5.74, 6) is 2.07. The van der Waals surface area contributed by atoms with Crippen LogP contribution in [0.2, 0.25) is 0 Å². The Morgan fingerprint density at radius 2 is 2.15 bits per heavy atom. The Hall–Kier alpha value is -0.220. The average molecular weight is 215 g/mol. The summed E-state index contributed by atoms with van der Waals surface area (Å²) in [5, 5.41) is 0. The van der Waals surface area contributed by atoms with E-state index in [9.17, 15) is 4.39 Å². The molecule has 2 rings (SSSR count). The summed E-state index contributed by atoms with van der Waals surface area (Å²) in [7, 11) is 0. The molecule has 0 atom stereocenters. The lowest BCUT2D eigenvalue weighted by Crippen LogP contribution is -2.04. The van der Waals surface area contributed by atoms with Gasteiger partial charge in [-0.2, -0.15) is 0 Å². The zero-order chi connectivity index (χ0) is 9.10. The topological polar surface area (TPSA) is 12.9 Å². The van der Waals surface area contributed by atoms with Gasteiger partial charge in [0.25, 0.3) is 0 Å². The van der Waals surface area contributed by atoms with E-state index < -0.39 is 0 Å². The van der Waals surface area contributed by atoms with Crippen molar-refractivity contribution in [2.24, 2.45) is 0 Å². The van der Waals surface area contributed by atoms with Crippen LogP contribution < -0.4 is 0 Å². The van der Waals surface area contributed by atoms with Crippen molar-refractivity contribution in [1.82, 2.24) is 4.98 Å². The first kappa shape index (κ1) is 9.34. The minimum absolute atomic E-state index is 0.172. The van der Waals surface area contributed by atoms with Gasteiger partial charge in [-0.25, -0.2) is 4.39 Å². The lowest BCUT2D eigenvalue weighted by molar-refractivity contribution is 0.607. The predicted octanol–water partition coefficient (Wildman–Crippen LogP) is 3.09. The number of nitrogens with zero attached hydrogens (tertiary/aromatic N) is 1. The van der Waals surface area contributed by atoms with Gasteiger partial charge in [-0.15, -0.1) is 23.5 Å². The molecule has 0 unspecified atom stereocenters. The molecule has 1 aliphatic heterocycles. The van der Waals surface area contributed by atoms with E-state index in [1.165, 1.54) is 12.5 Å². The molecule has 1 aliphatic rings. The van der Waals surface area contributed by atoms with Crippen LogP contribution in [0.25, 0.3) is 0 Å². The average Bonchev–Trinajstić information content (AvgIpc) is 2.20. The second-order valence-electron chi connectivity index (χ2n) is 2.80. The molecule has 1 nitrogen and oxygen atoms in total. The molecule has 0 saturated carbocycles. The molecule has 1 fully saturated rings. The van der Waals surface area contributed by atoms with Crippen molar-refractivity contribution < 1.29 is 4.39 Å². The summed E-state index contributed by atoms with van der Waals surface area (Å²) in [4.78, 5) is 4.09. The van der Waals surface area contributed by atoms with Crippen LogP contribution in [-0.4, -0.2) is 16.5 Å². The normalized spacial score (nSPS) is 18.8. The van der Waals surface area contributed by atoms with E-state index in [2.05, 4.69) is 4.98 Å². The first-order chi connectivity index (χ1) is 6.38. The highest BCUT2D eigenvalue weighted by Crippen LogP contribution is 2.43. The number of hydrogen-bond acceptors (Lipinski definition) is 3. The Morgan fingerprint density at radius 3 is 2.85 bits per heavy atom. The van der Waals surface area contributed by atoms with Crippen molar-refractivity contribution in [1.29, 1.82) is 0 Å². The highest BCUT2D eigenvalue weighted by atomic mass is 32.2. The van der Waals surface area contributed by atoms with Crippen LogP contribution in [0.4, 0.5) is 4.39 Å². The van der Waals surface area contributed by atoms with Crippen molar-refractivity contribution in [3.63, 3.8) is 0 Å². The molecule has 0 bridgehead atoms. The molecule has 0 spiro atoms. The van der Waals surface area contributed by atoms with E-state index in [4.69, 9.17) is 0 Å². The van der Waals surface area contributed by atoms with Crippen molar-refractivity contribution in [2.45, 2.75) is 11.0 Å². The molecule has 2 heterocycles. The molecule has 70 valence electrons. The third kappa shape index (κ3) is 2.17. The Balaban J connectivity index is 2.18. The molecule has 0 amide bonds. The number of thioether (sulfide) groups is 2. The molecule has 1 aromatic rings. The van der Waals surface area contributed by atoms with Crippen molar-refractivity contribution in [3.8, 4) is 0 Å². The lowest BCUT2D eigenvalue weighted by atomic mass is 10.4. The van der Waals surface area contributed by atoms with E-state index in [0.29, 0.717) is 5.69 Å². The summed E-state index contributed by atoms with van der Waals surface area (Å²) in [6, 6.07) is 3.12. The molecule has 0 N–H and O–H groups in total. The van der Waals surface area contributed by atoms with Gasteiger partial charge in [0.1, 0.15) is 5.82 Å². The van der Waals surface area contributed by atoms with E-state index in [0.717, 1.165) is 11.5 Å². The summed E-state index contributed by atoms with van der Waals surface area (Å²) < 4.78 is 13.5. The number of aromatic nitrogens is 1. The van der Waals surface area contributed by atoms with Gasteiger partial charge in [0.15, 0.2) is 0 Å². The van der Waals surface area contributed by atoms with E-state index in [-0.39, 0.29) is 10.4 Å². The zero-order valence-corrected chi connectivity index (χ0v) is 8.71. The Labute approximate surface area is 85.5 Å². The molecule has 0 aromatic carbocycles. The Morgan fingerprint density at radius 1 is 1.38 bits per heavy atom. The Bertz CT molecular complexity index is 287. The van der Waals surface area contributed by atoms with Gasteiger partial charge < -0.3 is 0 Å². The molecule has 0 aliphatic carbocycles. The van der Waals surface area contributed by atoms with Gasteiger partial charge >= 0.3 is 0 Å². The molecule has 0 radical (unpaired) electrons. The quantitative estimate of drug-likeness (QED) is 0.714. The second kappa shape index (κ2) is 4.33. The first-order valence-corrected chi connectivity index (χ1v) is 6.31. The molecular weight excluding hydrogens is 205 g/mol. The van der Waals surface area contributed by atoms with Gasteiger partial charge in [0.2, 0.25) is 0 Å². The fourth-order valence-electron chi connectivity index (χ4n) is 1.22. The standard InChI is InChI=1S/C9H10FNS2/c10-7-3-1-4-11-8(7)9-12-5-2-6-13-9/h1,3-4,9H,2,5-6H2. The van der Waals surface area contributed by atoms with Crippen molar-refractivity contribution in [3.05, 3.63) is 29.8 Å². The van der Waals surface area contributed by atoms with Crippen LogP contribution in [0.5, 0.6) is 0 Å². The molecule has 13 heavy (non-hydrogen) atoms. The first-order valence-electron chi connectivity index (χ1n) is 4.21. The van der Waals surface area contributed by atoms with Crippen LogP contribution in [0.3, 0.4) is 0 Å². The number of pyridine rings is 1. The minimum Gasteiger partial charge on any atom is -0.256 e. The fourth-order valence-corrected chi connectivity index (χ4v) is 4.07. The predicted molar refractivity (Wildman–Crippen MR) is 56.5 cm³/mol. The van der Waals surface area contributed by atoms with Crippen molar-refractivity contribution in [2.75, 3.05) is 11.5 Å². The highest BCUT2D eigenvalue weighted by Gasteiger charge is 2.20. The maximum atomic E-state index is 13.3. The largest absolute Gasteiger partial charge is 0.256 e. The number of hydrogen-bond donors (Lipinski definition) is 0. The monoisotopic (exact) mass is 215 g/mol. The summed E-state index contributed by atoms with van der Waals surface area (Å²) in [6.07, 6.45) is 2.88. The summed E-state index contributed by atoms with van der Waals surface area (Å²) in [5.41, 5.74) is 0.609. The summed E-state index contributed by atoms with van der Waals surface area (Å²) >= 11 is 3.58. The fraction of sp³-hybridized carbons (Fsp3) is 0.444. The number of halogens is 1. The summed E-state index contributed by atoms with van der Waals surface area (Å²) in [6.45, 7) is 0. The van der Waals surface area contributed by atoms with Crippen LogP contribution in [0, 0.1) is 5.82 Å². The van der Waals surface area contributed by atoms with Crippen LogP contribution in [0.15, 0.2) is 18.3 Å². The van der Waals surface area contributed by atoms with Gasteiger partial charge in [0, 0.05) is 6.20 Å². The maximum absolute atomic E-state index is 13.3. The third-order valence-electron chi connectivity index (χ3n) is 1.84. The SMILES string of the molecule is Fc1cccnc1C1SCCCS1. The lowest BCUT2D eigenvalue weighted by Gasteiger charge is -2.20. The van der Waals surface area contributed by atoms with E-state index >= 15 is 0 Å². The van der Waals surface area contributed by atoms with Crippen LogP contribution in [0.1, 0.15) is 16.7 Å². The number of rotatable bonds is 1. The van der Waals surface area contributed by atoms with E-state index in [1.54, 1.807) is 35.8 Å². The van der Waals surface area contributed by atoms with Crippen molar-refractivity contribution >= 4 is 23.5 Å². The highest BCUT2D eigenvalue weighted by molar-refractivity contribution is 8.16. The van der Waals surface area contributed by atoms with Gasteiger partial charge in [0.05, 0.1) is 10.3 Å². The molecule has 1 saturated heterocycles. The second-order valence-corrected chi connectivity index (χ2v) is 5.52. The smallest absolute Gasteiger partial charge is 0.146 e. The van der Waals surface area contributed by atoms with Crippen LogP contribution >= 0.6 is 23.5 Å². The minimum atomic E-state index is -0.172. The molecule has 4 heteroatoms. The van der Waals surface area contributed by atoms with Gasteiger partial charge in [-0.1, -0.05) is 0 Å². The van der Waals surface area contributed by atoms with Gasteiger partial charge in [-0.3, -0.25) is 4.98 Å². The third-order valence-corrected chi connectivity index (χ3v) is 4.75. The van der Waals surface area contributed by atoms with Crippen LogP contribution in [-0.2, 0) is 0 Å². The molecule has 1 aromatic heterocycles. The Kier molecular flexibility index (Phi) is 3.11. The van der Waals surface area contributed by atoms with Gasteiger partial charge in [-0.05, 0) is 30.1 Å². The molecular formula is C9H10FNS2. The maximum Gasteiger partial charge on any atom is 0.146 e.